The lowest BCUT2D eigenvalue weighted by molar-refractivity contribution is 0.337. The first-order valence-electron chi connectivity index (χ1n) is 5.62. The van der Waals surface area contributed by atoms with Crippen molar-refractivity contribution in [3.05, 3.63) is 24.0 Å². The van der Waals surface area contributed by atoms with Gasteiger partial charge < -0.3 is 4.74 Å². The van der Waals surface area contributed by atoms with Crippen LogP contribution in [-0.2, 0) is 9.84 Å². The smallest absolute Gasteiger partial charge is 0.151 e. The summed E-state index contributed by atoms with van der Waals surface area (Å²) in [5.74, 6) is 6.04. The molecule has 0 spiro atoms. The molecule has 0 saturated heterocycles. The molecule has 0 aliphatic carbocycles. The van der Waals surface area contributed by atoms with Crippen molar-refractivity contribution in [3.63, 3.8) is 0 Å². The highest BCUT2D eigenvalue weighted by molar-refractivity contribution is 7.91. The van der Waals surface area contributed by atoms with Gasteiger partial charge >= 0.3 is 0 Å². The van der Waals surface area contributed by atoms with Gasteiger partial charge in [0.25, 0.3) is 0 Å². The summed E-state index contributed by atoms with van der Waals surface area (Å²) in [7, 11) is -3.20. The van der Waals surface area contributed by atoms with Crippen molar-refractivity contribution in [2.24, 2.45) is 5.84 Å². The Morgan fingerprint density at radius 2 is 2.17 bits per heavy atom. The molecule has 0 aliphatic rings. The summed E-state index contributed by atoms with van der Waals surface area (Å²) in [6, 6.07) is 1.22. The van der Waals surface area contributed by atoms with E-state index in [-0.39, 0.29) is 0 Å². The maximum Gasteiger partial charge on any atom is 0.151 e. The molecule has 6 nitrogen and oxygen atoms in total. The minimum atomic E-state index is -3.20. The molecule has 2 atom stereocenters. The Hall–Kier alpha value is -1.18. The second-order valence-corrected chi connectivity index (χ2v) is 6.47. The third-order valence-electron chi connectivity index (χ3n) is 2.73. The van der Waals surface area contributed by atoms with Crippen LogP contribution in [0.5, 0.6) is 5.75 Å². The number of ether oxygens (including phenoxy) is 1. The van der Waals surface area contributed by atoms with E-state index in [0.29, 0.717) is 17.9 Å². The molecule has 18 heavy (non-hydrogen) atoms. The number of aromatic nitrogens is 1. The molecule has 0 saturated carbocycles. The zero-order valence-electron chi connectivity index (χ0n) is 10.8. The number of hydrazine groups is 1. The summed E-state index contributed by atoms with van der Waals surface area (Å²) in [6.07, 6.45) is 4.34. The fourth-order valence-corrected chi connectivity index (χ4v) is 2.33. The van der Waals surface area contributed by atoms with Crippen molar-refractivity contribution in [1.29, 1.82) is 0 Å². The van der Waals surface area contributed by atoms with Gasteiger partial charge in [-0.3, -0.25) is 16.3 Å². The standard InChI is InChI=1S/C11H19N3O3S/c1-4-17-10-5-9(6-13-7-10)11(14-12)8(2)18(3,15)16/h5-8,11,14H,4,12H2,1-3H3. The molecule has 0 fully saturated rings. The van der Waals surface area contributed by atoms with Crippen molar-refractivity contribution in [2.45, 2.75) is 25.1 Å². The predicted molar refractivity (Wildman–Crippen MR) is 69.8 cm³/mol. The van der Waals surface area contributed by atoms with Crippen LogP contribution >= 0.6 is 0 Å². The van der Waals surface area contributed by atoms with Crippen LogP contribution in [0.2, 0.25) is 0 Å². The average Bonchev–Trinajstić information content (AvgIpc) is 2.29. The largest absolute Gasteiger partial charge is 0.492 e. The molecule has 2 unspecified atom stereocenters. The monoisotopic (exact) mass is 273 g/mol. The Morgan fingerprint density at radius 1 is 1.50 bits per heavy atom. The lowest BCUT2D eigenvalue weighted by atomic mass is 10.1. The fraction of sp³-hybridized carbons (Fsp3) is 0.545. The van der Waals surface area contributed by atoms with E-state index >= 15 is 0 Å². The number of nitrogens with one attached hydrogen (secondary N) is 1. The van der Waals surface area contributed by atoms with E-state index < -0.39 is 21.1 Å². The van der Waals surface area contributed by atoms with Crippen molar-refractivity contribution < 1.29 is 13.2 Å². The van der Waals surface area contributed by atoms with Gasteiger partial charge in [-0.1, -0.05) is 0 Å². The highest BCUT2D eigenvalue weighted by Gasteiger charge is 2.27. The van der Waals surface area contributed by atoms with Crippen molar-refractivity contribution in [2.75, 3.05) is 12.9 Å². The molecule has 0 bridgehead atoms. The third-order valence-corrected chi connectivity index (χ3v) is 4.35. The van der Waals surface area contributed by atoms with Crippen LogP contribution in [0.15, 0.2) is 18.5 Å². The van der Waals surface area contributed by atoms with Gasteiger partial charge in [-0.2, -0.15) is 0 Å². The van der Waals surface area contributed by atoms with Crippen LogP contribution in [0, 0.1) is 0 Å². The van der Waals surface area contributed by atoms with Gasteiger partial charge in [0.2, 0.25) is 0 Å². The van der Waals surface area contributed by atoms with Crippen molar-refractivity contribution in [3.8, 4) is 5.75 Å². The average molecular weight is 273 g/mol. The van der Waals surface area contributed by atoms with Crippen LogP contribution in [-0.4, -0.2) is 31.5 Å². The summed E-state index contributed by atoms with van der Waals surface area (Å²) >= 11 is 0. The number of nitrogens with two attached hydrogens (primary N) is 1. The summed E-state index contributed by atoms with van der Waals surface area (Å²) < 4.78 is 28.5. The molecule has 1 aromatic rings. The van der Waals surface area contributed by atoms with Crippen LogP contribution in [0.4, 0.5) is 0 Å². The van der Waals surface area contributed by atoms with E-state index in [0.717, 1.165) is 0 Å². The van der Waals surface area contributed by atoms with E-state index in [2.05, 4.69) is 10.4 Å². The summed E-state index contributed by atoms with van der Waals surface area (Å²) in [5, 5.41) is -0.652. The van der Waals surface area contributed by atoms with Gasteiger partial charge in [0.05, 0.1) is 24.1 Å². The molecule has 102 valence electrons. The van der Waals surface area contributed by atoms with Gasteiger partial charge in [0, 0.05) is 12.5 Å². The first-order valence-corrected chi connectivity index (χ1v) is 7.58. The third kappa shape index (κ3) is 3.66. The number of pyridine rings is 1. The number of nitrogens with zero attached hydrogens (tertiary/aromatic N) is 1. The molecular weight excluding hydrogens is 254 g/mol. The van der Waals surface area contributed by atoms with Crippen LogP contribution < -0.4 is 16.0 Å². The number of rotatable bonds is 6. The highest BCUT2D eigenvalue weighted by atomic mass is 32.2. The highest BCUT2D eigenvalue weighted by Crippen LogP contribution is 2.23. The first-order chi connectivity index (χ1) is 8.40. The fourth-order valence-electron chi connectivity index (χ4n) is 1.60. The van der Waals surface area contributed by atoms with Crippen LogP contribution in [0.3, 0.4) is 0 Å². The Labute approximate surface area is 107 Å². The number of hydrogen-bond acceptors (Lipinski definition) is 6. The molecule has 7 heteroatoms. The molecule has 0 aromatic carbocycles. The van der Waals surface area contributed by atoms with E-state index in [1.807, 2.05) is 6.92 Å². The van der Waals surface area contributed by atoms with E-state index in [1.165, 1.54) is 6.26 Å². The van der Waals surface area contributed by atoms with Crippen molar-refractivity contribution in [1.82, 2.24) is 10.4 Å². The van der Waals surface area contributed by atoms with E-state index in [1.54, 1.807) is 25.4 Å². The Balaban J connectivity index is 3.05. The summed E-state index contributed by atoms with van der Waals surface area (Å²) in [6.45, 7) is 3.99. The minimum Gasteiger partial charge on any atom is -0.492 e. The lowest BCUT2D eigenvalue weighted by Gasteiger charge is -2.22. The topological polar surface area (TPSA) is 94.3 Å². The van der Waals surface area contributed by atoms with E-state index in [4.69, 9.17) is 10.6 Å². The van der Waals surface area contributed by atoms with Gasteiger partial charge in [-0.25, -0.2) is 8.42 Å². The van der Waals surface area contributed by atoms with Crippen LogP contribution in [0.1, 0.15) is 25.5 Å². The second kappa shape index (κ2) is 6.12. The molecule has 0 radical (unpaired) electrons. The summed E-state index contributed by atoms with van der Waals surface area (Å²) in [5.41, 5.74) is 3.20. The van der Waals surface area contributed by atoms with Crippen LogP contribution in [0.25, 0.3) is 0 Å². The first kappa shape index (κ1) is 14.9. The Kier molecular flexibility index (Phi) is 5.06. The Morgan fingerprint density at radius 3 is 2.67 bits per heavy atom. The Bertz CT molecular complexity index is 490. The SMILES string of the molecule is CCOc1cncc(C(NN)C(C)S(C)(=O)=O)c1. The molecule has 0 amide bonds. The number of sulfone groups is 1. The second-order valence-electron chi connectivity index (χ2n) is 4.07. The van der Waals surface area contributed by atoms with Gasteiger partial charge in [-0.05, 0) is 25.5 Å². The van der Waals surface area contributed by atoms with Gasteiger partial charge in [0.1, 0.15) is 5.75 Å². The van der Waals surface area contributed by atoms with Gasteiger partial charge in [0.15, 0.2) is 9.84 Å². The molecule has 3 N–H and O–H groups in total. The van der Waals surface area contributed by atoms with Gasteiger partial charge in [-0.15, -0.1) is 0 Å². The normalized spacial score (nSPS) is 15.1. The molecule has 1 aromatic heterocycles. The zero-order valence-corrected chi connectivity index (χ0v) is 11.6. The van der Waals surface area contributed by atoms with Crippen molar-refractivity contribution >= 4 is 9.84 Å². The molecular formula is C11H19N3O3S. The maximum absolute atomic E-state index is 11.6. The predicted octanol–water partition coefficient (Wildman–Crippen LogP) is 0.418. The maximum atomic E-state index is 11.6. The summed E-state index contributed by atoms with van der Waals surface area (Å²) in [4.78, 5) is 4.02. The van der Waals surface area contributed by atoms with E-state index in [9.17, 15) is 8.42 Å². The molecule has 0 aliphatic heterocycles. The zero-order chi connectivity index (χ0) is 13.8. The minimum absolute atomic E-state index is 0.520. The lowest BCUT2D eigenvalue weighted by Crippen LogP contribution is -2.38. The quantitative estimate of drug-likeness (QED) is 0.576. The molecule has 1 rings (SSSR count). The number of hydrogen-bond donors (Lipinski definition) is 2. The molecule has 1 heterocycles.